The minimum atomic E-state index is -2.67. The Hall–Kier alpha value is -2.18. The molecule has 4 aromatic rings. The topological polar surface area (TPSA) is 0 Å². The number of rotatable bonds is 8. The fourth-order valence-electron chi connectivity index (χ4n) is 8.13. The SMILES string of the molecule is CCC1=Cc2c(-c3ccc(CC)cc3)cccc2[CH]1[Zr+2]1([CH]2C(CC)=Cc3c(-c4ccc(CC)cc4)cccc32)[CH2][CH2]1.[Cl-].[Cl-]. The Morgan fingerprint density at radius 1 is 0.512 bits per heavy atom. The van der Waals surface area contributed by atoms with Crippen molar-refractivity contribution in [2.45, 2.75) is 68.9 Å². The molecule has 3 heteroatoms. The Kier molecular flexibility index (Phi) is 9.78. The first-order valence-corrected chi connectivity index (χ1v) is 22.3. The van der Waals surface area contributed by atoms with Gasteiger partial charge in [0.05, 0.1) is 0 Å². The van der Waals surface area contributed by atoms with Crippen molar-refractivity contribution >= 4 is 12.2 Å². The maximum atomic E-state index is 2.62. The second kappa shape index (κ2) is 13.0. The molecule has 0 aromatic heterocycles. The molecule has 2 aliphatic carbocycles. The zero-order valence-electron chi connectivity index (χ0n) is 25.9. The van der Waals surface area contributed by atoms with Gasteiger partial charge in [-0.15, -0.1) is 0 Å². The largest absolute Gasteiger partial charge is 1.00 e. The molecule has 3 aliphatic rings. The number of halogens is 2. The average molecular weight is 685 g/mol. The molecule has 2 atom stereocenters. The van der Waals surface area contributed by atoms with E-state index in [0.717, 1.165) is 12.8 Å². The molecule has 0 N–H and O–H groups in total. The Labute approximate surface area is 275 Å². The van der Waals surface area contributed by atoms with Gasteiger partial charge in [-0.25, -0.2) is 0 Å². The van der Waals surface area contributed by atoms with Gasteiger partial charge in [0, 0.05) is 0 Å². The summed E-state index contributed by atoms with van der Waals surface area (Å²) < 4.78 is 4.44. The fourth-order valence-corrected chi connectivity index (χ4v) is 26.0. The van der Waals surface area contributed by atoms with E-state index in [-0.39, 0.29) is 24.8 Å². The summed E-state index contributed by atoms with van der Waals surface area (Å²) in [5.74, 6) is 0. The predicted octanol–water partition coefficient (Wildman–Crippen LogP) is 5.55. The van der Waals surface area contributed by atoms with E-state index < -0.39 is 20.3 Å². The van der Waals surface area contributed by atoms with Crippen LogP contribution in [0.25, 0.3) is 34.4 Å². The Bertz CT molecular complexity index is 1550. The van der Waals surface area contributed by atoms with Crippen molar-refractivity contribution in [3.8, 4) is 22.3 Å². The number of hydrogen-bond acceptors (Lipinski definition) is 0. The first kappa shape index (κ1) is 32.2. The zero-order chi connectivity index (χ0) is 28.1. The molecular weight excluding hydrogens is 643 g/mol. The van der Waals surface area contributed by atoms with E-state index in [0.29, 0.717) is 7.25 Å². The molecule has 0 spiro atoms. The third-order valence-electron chi connectivity index (χ3n) is 10.4. The number of fused-ring (bicyclic) bond motifs is 2. The van der Waals surface area contributed by atoms with Crippen molar-refractivity contribution in [2.24, 2.45) is 0 Å². The van der Waals surface area contributed by atoms with Crippen LogP contribution in [0.4, 0.5) is 0 Å². The summed E-state index contributed by atoms with van der Waals surface area (Å²) in [5, 5.41) is 0. The minimum Gasteiger partial charge on any atom is -1.00 e. The standard InChI is InChI=1S/2C19H19.C2H4.2ClH.Zr/c2*1-3-14-8-10-16(11-9-14)18-7-5-6-17-12-15(4-2)13-19(17)18;1-2;;;/h2*5-13H,3-4H2,1-2H3;1-2H2;2*1H;/q;;;;;+2/p-2. The molecule has 7 rings (SSSR count). The number of hydrogen-bond donors (Lipinski definition) is 0. The Morgan fingerprint density at radius 2 is 0.907 bits per heavy atom. The van der Waals surface area contributed by atoms with Crippen LogP contribution in [0.3, 0.4) is 0 Å². The maximum absolute atomic E-state index is 2.67. The second-order valence-corrected chi connectivity index (χ2v) is 23.8. The van der Waals surface area contributed by atoms with Gasteiger partial charge in [0.1, 0.15) is 0 Å². The van der Waals surface area contributed by atoms with E-state index in [1.54, 1.807) is 22.3 Å². The molecule has 0 amide bonds. The van der Waals surface area contributed by atoms with Crippen molar-refractivity contribution in [1.82, 2.24) is 0 Å². The summed E-state index contributed by atoms with van der Waals surface area (Å²) in [5.41, 5.74) is 18.2. The molecule has 4 aromatic carbocycles. The van der Waals surface area contributed by atoms with Crippen LogP contribution >= 0.6 is 0 Å². The van der Waals surface area contributed by atoms with Gasteiger partial charge in [-0.05, 0) is 0 Å². The van der Waals surface area contributed by atoms with E-state index in [4.69, 9.17) is 0 Å². The van der Waals surface area contributed by atoms with Gasteiger partial charge in [-0.2, -0.15) is 0 Å². The molecule has 43 heavy (non-hydrogen) atoms. The molecule has 0 bridgehead atoms. The zero-order valence-corrected chi connectivity index (χ0v) is 29.9. The van der Waals surface area contributed by atoms with Gasteiger partial charge in [-0.3, -0.25) is 0 Å². The molecule has 0 saturated carbocycles. The number of aryl methyl sites for hydroxylation is 2. The van der Waals surface area contributed by atoms with Gasteiger partial charge in [0.15, 0.2) is 0 Å². The average Bonchev–Trinajstić information content (AvgIpc) is 3.56. The van der Waals surface area contributed by atoms with Crippen molar-refractivity contribution in [2.75, 3.05) is 0 Å². The van der Waals surface area contributed by atoms with E-state index in [1.807, 2.05) is 0 Å². The van der Waals surface area contributed by atoms with Crippen molar-refractivity contribution in [1.29, 1.82) is 0 Å². The van der Waals surface area contributed by atoms with Crippen LogP contribution in [0, 0.1) is 0 Å². The van der Waals surface area contributed by atoms with Crippen LogP contribution in [-0.2, 0) is 33.1 Å². The first-order chi connectivity index (χ1) is 20.1. The smallest absolute Gasteiger partial charge is 1.00 e. The minimum absolute atomic E-state index is 0. The summed E-state index contributed by atoms with van der Waals surface area (Å²) in [6.45, 7) is 9.28. The molecule has 0 nitrogen and oxygen atoms in total. The van der Waals surface area contributed by atoms with Gasteiger partial charge >= 0.3 is 253 Å². The summed E-state index contributed by atoms with van der Waals surface area (Å²) in [7, 11) is 0. The van der Waals surface area contributed by atoms with Crippen LogP contribution in [0.2, 0.25) is 8.26 Å². The maximum Gasteiger partial charge on any atom is -1.00 e. The summed E-state index contributed by atoms with van der Waals surface area (Å²) in [4.78, 5) is 0. The summed E-state index contributed by atoms with van der Waals surface area (Å²) in [6, 6.07) is 33.0. The van der Waals surface area contributed by atoms with Gasteiger partial charge in [-0.1, -0.05) is 0 Å². The van der Waals surface area contributed by atoms with Crippen molar-refractivity contribution in [3.05, 3.63) is 129 Å². The fraction of sp³-hybridized carbons (Fsp3) is 0.300. The first-order valence-electron chi connectivity index (χ1n) is 16.0. The van der Waals surface area contributed by atoms with Crippen LogP contribution in [0.1, 0.15) is 81.2 Å². The molecule has 0 radical (unpaired) electrons. The summed E-state index contributed by atoms with van der Waals surface area (Å²) >= 11 is -2.67. The van der Waals surface area contributed by atoms with Gasteiger partial charge < -0.3 is 24.8 Å². The monoisotopic (exact) mass is 682 g/mol. The van der Waals surface area contributed by atoms with Crippen LogP contribution < -0.4 is 24.8 Å². The number of allylic oxidation sites excluding steroid dienone is 2. The van der Waals surface area contributed by atoms with E-state index >= 15 is 0 Å². The second-order valence-electron chi connectivity index (χ2n) is 12.5. The Balaban J connectivity index is 0.00000184. The molecule has 1 saturated heterocycles. The van der Waals surface area contributed by atoms with Crippen molar-refractivity contribution in [3.63, 3.8) is 0 Å². The quantitative estimate of drug-likeness (QED) is 0.229. The normalized spacial score (nSPS) is 18.2. The Morgan fingerprint density at radius 3 is 1.23 bits per heavy atom. The van der Waals surface area contributed by atoms with Gasteiger partial charge in [0.2, 0.25) is 0 Å². The van der Waals surface area contributed by atoms with E-state index in [2.05, 4.69) is 125 Å². The van der Waals surface area contributed by atoms with Crippen molar-refractivity contribution < 1.29 is 45.1 Å². The van der Waals surface area contributed by atoms with Crippen LogP contribution in [0.15, 0.2) is 96.1 Å². The van der Waals surface area contributed by atoms with E-state index in [9.17, 15) is 0 Å². The molecule has 1 heterocycles. The molecule has 2 unspecified atom stereocenters. The molecule has 1 fully saturated rings. The molecule has 220 valence electrons. The van der Waals surface area contributed by atoms with Crippen LogP contribution in [0.5, 0.6) is 0 Å². The predicted molar refractivity (Wildman–Crippen MR) is 174 cm³/mol. The third-order valence-corrected chi connectivity index (χ3v) is 23.5. The summed E-state index contributed by atoms with van der Waals surface area (Å²) in [6.07, 6.45) is 9.76. The molecular formula is C40H42Cl2Zr. The van der Waals surface area contributed by atoms with E-state index in [1.165, 1.54) is 65.6 Å². The third kappa shape index (κ3) is 5.39. The van der Waals surface area contributed by atoms with Gasteiger partial charge in [0.25, 0.3) is 0 Å². The number of benzene rings is 4. The molecule has 1 aliphatic heterocycles. The van der Waals surface area contributed by atoms with Crippen LogP contribution in [-0.4, -0.2) is 0 Å².